The third kappa shape index (κ3) is 1.89. The Hall–Kier alpha value is -0.830. The van der Waals surface area contributed by atoms with E-state index in [2.05, 4.69) is 22.0 Å². The van der Waals surface area contributed by atoms with E-state index in [4.69, 9.17) is 11.6 Å². The second kappa shape index (κ2) is 4.69. The van der Waals surface area contributed by atoms with Crippen molar-refractivity contribution in [1.82, 2.24) is 10.2 Å². The fraction of sp³-hybridized carbons (Fsp3) is 0.714. The van der Waals surface area contributed by atoms with E-state index in [1.54, 1.807) is 0 Å². The lowest BCUT2D eigenvalue weighted by molar-refractivity contribution is 0.341. The summed E-state index contributed by atoms with van der Waals surface area (Å²) in [5, 5.41) is 8.99. The maximum absolute atomic E-state index is 6.04. The van der Waals surface area contributed by atoms with Gasteiger partial charge in [0.05, 0.1) is 0 Å². The van der Waals surface area contributed by atoms with Gasteiger partial charge in [0.1, 0.15) is 0 Å². The van der Waals surface area contributed by atoms with Gasteiger partial charge in [-0.2, -0.15) is 0 Å². The zero-order valence-corrected chi connectivity index (χ0v) is 11.9. The van der Waals surface area contributed by atoms with Gasteiger partial charge in [-0.1, -0.05) is 24.4 Å². The normalized spacial score (nSPS) is 27.4. The van der Waals surface area contributed by atoms with Crippen LogP contribution < -0.4 is 4.90 Å². The smallest absolute Gasteiger partial charge is 0.155 e. The van der Waals surface area contributed by atoms with Gasteiger partial charge in [-0.15, -0.1) is 10.2 Å². The van der Waals surface area contributed by atoms with Crippen molar-refractivity contribution >= 4 is 17.4 Å². The van der Waals surface area contributed by atoms with Crippen LogP contribution in [0.1, 0.15) is 43.2 Å². The summed E-state index contributed by atoms with van der Waals surface area (Å²) in [4.78, 5) is 2.48. The van der Waals surface area contributed by atoms with Gasteiger partial charge >= 0.3 is 0 Å². The first-order chi connectivity index (χ1) is 8.68. The van der Waals surface area contributed by atoms with E-state index in [0.29, 0.717) is 11.2 Å². The molecule has 1 aliphatic carbocycles. The first kappa shape index (κ1) is 12.2. The van der Waals surface area contributed by atoms with Crippen LogP contribution in [0.3, 0.4) is 0 Å². The summed E-state index contributed by atoms with van der Waals surface area (Å²) in [5.41, 5.74) is 2.27. The molecule has 2 fully saturated rings. The molecule has 2 aliphatic rings. The molecule has 1 saturated heterocycles. The van der Waals surface area contributed by atoms with Crippen LogP contribution in [0.5, 0.6) is 0 Å². The van der Waals surface area contributed by atoms with E-state index >= 15 is 0 Å². The molecule has 2 heterocycles. The van der Waals surface area contributed by atoms with E-state index < -0.39 is 0 Å². The lowest BCUT2D eigenvalue weighted by Crippen LogP contribution is -2.36. The van der Waals surface area contributed by atoms with E-state index in [-0.39, 0.29) is 0 Å². The average molecular weight is 266 g/mol. The molecule has 0 bridgehead atoms. The molecule has 2 unspecified atom stereocenters. The molecular formula is C14H20ClN3. The number of aromatic nitrogens is 2. The molecule has 4 heteroatoms. The number of hydrogen-bond acceptors (Lipinski definition) is 3. The minimum absolute atomic E-state index is 0.538. The van der Waals surface area contributed by atoms with E-state index in [0.717, 1.165) is 23.8 Å². The molecule has 1 saturated carbocycles. The van der Waals surface area contributed by atoms with Gasteiger partial charge in [0.25, 0.3) is 0 Å². The number of halogens is 1. The van der Waals surface area contributed by atoms with Gasteiger partial charge in [-0.05, 0) is 50.2 Å². The Morgan fingerprint density at radius 2 is 1.83 bits per heavy atom. The number of fused-ring (bicyclic) bond motifs is 1. The fourth-order valence-electron chi connectivity index (χ4n) is 3.51. The van der Waals surface area contributed by atoms with Gasteiger partial charge in [-0.3, -0.25) is 0 Å². The van der Waals surface area contributed by atoms with Crippen LogP contribution in [0.15, 0.2) is 0 Å². The van der Waals surface area contributed by atoms with Crippen LogP contribution in [-0.2, 0) is 0 Å². The van der Waals surface area contributed by atoms with E-state index in [1.165, 1.54) is 37.7 Å². The van der Waals surface area contributed by atoms with Crippen LogP contribution in [0.4, 0.5) is 5.82 Å². The number of nitrogens with zero attached hydrogens (tertiary/aromatic N) is 3. The largest absolute Gasteiger partial charge is 0.352 e. The lowest BCUT2D eigenvalue weighted by atomic mass is 9.85. The van der Waals surface area contributed by atoms with Crippen LogP contribution in [0, 0.1) is 19.8 Å². The molecule has 1 aliphatic heterocycles. The zero-order valence-electron chi connectivity index (χ0n) is 11.1. The molecular weight excluding hydrogens is 246 g/mol. The highest BCUT2D eigenvalue weighted by Gasteiger charge is 2.37. The average Bonchev–Trinajstić information content (AvgIpc) is 2.80. The third-order valence-corrected chi connectivity index (χ3v) is 5.08. The van der Waals surface area contributed by atoms with E-state index in [9.17, 15) is 0 Å². The van der Waals surface area contributed by atoms with Gasteiger partial charge < -0.3 is 4.90 Å². The summed E-state index contributed by atoms with van der Waals surface area (Å²) in [6.07, 6.45) is 6.77. The van der Waals surface area contributed by atoms with Crippen molar-refractivity contribution in [1.29, 1.82) is 0 Å². The van der Waals surface area contributed by atoms with Crippen LogP contribution in [-0.4, -0.2) is 22.8 Å². The summed E-state index contributed by atoms with van der Waals surface area (Å²) in [5.74, 6) is 1.93. The van der Waals surface area contributed by atoms with Crippen LogP contribution >= 0.6 is 11.6 Å². The quantitative estimate of drug-likeness (QED) is 0.778. The van der Waals surface area contributed by atoms with E-state index in [1.807, 2.05) is 6.92 Å². The van der Waals surface area contributed by atoms with Gasteiger partial charge in [-0.25, -0.2) is 0 Å². The summed E-state index contributed by atoms with van der Waals surface area (Å²) < 4.78 is 0. The fourth-order valence-corrected chi connectivity index (χ4v) is 3.68. The number of rotatable bonds is 1. The second-order valence-corrected chi connectivity index (χ2v) is 6.02. The maximum atomic E-state index is 6.04. The maximum Gasteiger partial charge on any atom is 0.155 e. The molecule has 98 valence electrons. The van der Waals surface area contributed by atoms with Gasteiger partial charge in [0, 0.05) is 12.6 Å². The van der Waals surface area contributed by atoms with Crippen molar-refractivity contribution < 1.29 is 0 Å². The Bertz CT molecular complexity index is 461. The monoisotopic (exact) mass is 265 g/mol. The van der Waals surface area contributed by atoms with Gasteiger partial charge in [0.2, 0.25) is 0 Å². The SMILES string of the molecule is Cc1c(Cl)nnc(N2CCC3CCCCC32)c1C. The summed E-state index contributed by atoms with van der Waals surface area (Å²) in [6.45, 7) is 5.28. The first-order valence-corrected chi connectivity index (χ1v) is 7.32. The van der Waals surface area contributed by atoms with Crippen molar-refractivity contribution in [2.45, 2.75) is 52.0 Å². The minimum atomic E-state index is 0.538. The van der Waals surface area contributed by atoms with Crippen molar-refractivity contribution in [3.05, 3.63) is 16.3 Å². The molecule has 2 atom stereocenters. The van der Waals surface area contributed by atoms with Crippen molar-refractivity contribution in [3.8, 4) is 0 Å². The Morgan fingerprint density at radius 3 is 2.67 bits per heavy atom. The Morgan fingerprint density at radius 1 is 1.06 bits per heavy atom. The summed E-state index contributed by atoms with van der Waals surface area (Å²) >= 11 is 6.04. The molecule has 0 aromatic carbocycles. The molecule has 1 aromatic rings. The lowest BCUT2D eigenvalue weighted by Gasteiger charge is -2.33. The highest BCUT2D eigenvalue weighted by Crippen LogP contribution is 2.39. The Kier molecular flexibility index (Phi) is 3.18. The molecule has 0 amide bonds. The predicted octanol–water partition coefficient (Wildman–Crippen LogP) is 3.52. The third-order valence-electron chi connectivity index (χ3n) is 4.72. The predicted molar refractivity (Wildman–Crippen MR) is 74.2 cm³/mol. The summed E-state index contributed by atoms with van der Waals surface area (Å²) in [7, 11) is 0. The second-order valence-electron chi connectivity index (χ2n) is 5.66. The molecule has 3 rings (SSSR count). The van der Waals surface area contributed by atoms with Crippen molar-refractivity contribution in [2.75, 3.05) is 11.4 Å². The standard InChI is InChI=1S/C14H20ClN3/c1-9-10(2)14(17-16-13(9)15)18-8-7-11-5-3-4-6-12(11)18/h11-12H,3-8H2,1-2H3. The van der Waals surface area contributed by atoms with Crippen LogP contribution in [0.25, 0.3) is 0 Å². The molecule has 3 nitrogen and oxygen atoms in total. The minimum Gasteiger partial charge on any atom is -0.352 e. The van der Waals surface area contributed by atoms with Gasteiger partial charge in [0.15, 0.2) is 11.0 Å². The highest BCUT2D eigenvalue weighted by molar-refractivity contribution is 6.30. The Labute approximate surface area is 114 Å². The molecule has 0 spiro atoms. The van der Waals surface area contributed by atoms with Crippen LogP contribution in [0.2, 0.25) is 5.15 Å². The topological polar surface area (TPSA) is 29.0 Å². The van der Waals surface area contributed by atoms with Crippen molar-refractivity contribution in [2.24, 2.45) is 5.92 Å². The highest BCUT2D eigenvalue weighted by atomic mass is 35.5. The first-order valence-electron chi connectivity index (χ1n) is 6.94. The number of hydrogen-bond donors (Lipinski definition) is 0. The Balaban J connectivity index is 1.93. The zero-order chi connectivity index (χ0) is 12.7. The molecule has 18 heavy (non-hydrogen) atoms. The number of anilines is 1. The molecule has 1 aromatic heterocycles. The van der Waals surface area contributed by atoms with Crippen molar-refractivity contribution in [3.63, 3.8) is 0 Å². The molecule has 0 N–H and O–H groups in total. The molecule has 0 radical (unpaired) electrons. The summed E-state index contributed by atoms with van der Waals surface area (Å²) in [6, 6.07) is 0.687.